The van der Waals surface area contributed by atoms with E-state index in [0.29, 0.717) is 25.0 Å². The van der Waals surface area contributed by atoms with E-state index >= 15 is 0 Å². The van der Waals surface area contributed by atoms with Crippen LogP contribution in [0.25, 0.3) is 0 Å². The van der Waals surface area contributed by atoms with Crippen LogP contribution in [0.5, 0.6) is 0 Å². The molecule has 112 valence electrons. The van der Waals surface area contributed by atoms with E-state index < -0.39 is 46.2 Å². The lowest BCUT2D eigenvalue weighted by atomic mass is 10.1. The molecule has 0 heterocycles. The Bertz CT molecular complexity index is 630. The Morgan fingerprint density at radius 1 is 1.38 bits per heavy atom. The number of carbonyl (C=O) groups is 2. The van der Waals surface area contributed by atoms with Gasteiger partial charge in [-0.25, -0.2) is 4.39 Å². The molecule has 0 bridgehead atoms. The van der Waals surface area contributed by atoms with Crippen molar-refractivity contribution in [3.05, 3.63) is 39.4 Å². The summed E-state index contributed by atoms with van der Waals surface area (Å²) in [4.78, 5) is 33.2. The molecule has 1 saturated carbocycles. The molecule has 1 fully saturated rings. The highest BCUT2D eigenvalue weighted by atomic mass is 19.1. The third kappa shape index (κ3) is 3.12. The Morgan fingerprint density at radius 3 is 2.48 bits per heavy atom. The van der Waals surface area contributed by atoms with Gasteiger partial charge >= 0.3 is 11.7 Å². The Labute approximate surface area is 116 Å². The zero-order valence-electron chi connectivity index (χ0n) is 10.6. The van der Waals surface area contributed by atoms with Crippen LogP contribution in [0, 0.1) is 21.7 Å². The smallest absolute Gasteiger partial charge is 0.323 e. The monoisotopic (exact) mass is 300 g/mol. The van der Waals surface area contributed by atoms with Gasteiger partial charge < -0.3 is 10.0 Å². The number of nitro groups is 1. The van der Waals surface area contributed by atoms with E-state index in [9.17, 15) is 28.5 Å². The maximum absolute atomic E-state index is 13.9. The molecule has 1 aliphatic rings. The van der Waals surface area contributed by atoms with Gasteiger partial charge in [-0.1, -0.05) is 0 Å². The molecule has 1 aliphatic carbocycles. The van der Waals surface area contributed by atoms with Crippen LogP contribution in [0.4, 0.5) is 14.5 Å². The van der Waals surface area contributed by atoms with Gasteiger partial charge in [0, 0.05) is 6.04 Å². The molecular formula is C12H10F2N2O5. The first-order chi connectivity index (χ1) is 9.81. The molecule has 0 aromatic heterocycles. The van der Waals surface area contributed by atoms with Gasteiger partial charge in [-0.15, -0.1) is 0 Å². The molecule has 9 heteroatoms. The fraction of sp³-hybridized carbons (Fsp3) is 0.333. The quantitative estimate of drug-likeness (QED) is 0.657. The molecular weight excluding hydrogens is 290 g/mol. The Hall–Kier alpha value is -2.58. The number of halogens is 2. The zero-order chi connectivity index (χ0) is 15.7. The molecule has 1 aromatic carbocycles. The average molecular weight is 300 g/mol. The number of carboxylic acid groups (broad SMARTS) is 1. The van der Waals surface area contributed by atoms with Gasteiger partial charge in [0.05, 0.1) is 16.6 Å². The normalized spacial score (nSPS) is 13.8. The number of carbonyl (C=O) groups excluding carboxylic acids is 1. The van der Waals surface area contributed by atoms with Crippen molar-refractivity contribution in [1.82, 2.24) is 4.90 Å². The zero-order valence-corrected chi connectivity index (χ0v) is 10.6. The fourth-order valence-corrected chi connectivity index (χ4v) is 1.92. The summed E-state index contributed by atoms with van der Waals surface area (Å²) in [7, 11) is 0. The first-order valence-electron chi connectivity index (χ1n) is 5.97. The third-order valence-corrected chi connectivity index (χ3v) is 3.00. The van der Waals surface area contributed by atoms with Crippen LogP contribution < -0.4 is 0 Å². The van der Waals surface area contributed by atoms with E-state index in [-0.39, 0.29) is 6.04 Å². The number of rotatable bonds is 5. The minimum absolute atomic E-state index is 0.365. The number of benzene rings is 1. The molecule has 0 spiro atoms. The van der Waals surface area contributed by atoms with Gasteiger partial charge in [-0.3, -0.25) is 19.7 Å². The van der Waals surface area contributed by atoms with Gasteiger partial charge in [0.25, 0.3) is 5.91 Å². The summed E-state index contributed by atoms with van der Waals surface area (Å²) >= 11 is 0. The van der Waals surface area contributed by atoms with E-state index in [1.165, 1.54) is 0 Å². The standard InChI is InChI=1S/C12H10F2N2O5/c13-6-3-8(11(14)9(4-6)16(20)21)12(19)15(5-10(17)18)7-1-2-7/h3-4,7H,1-2,5H2,(H,17,18). The largest absolute Gasteiger partial charge is 0.480 e. The number of hydrogen-bond acceptors (Lipinski definition) is 4. The van der Waals surface area contributed by atoms with Crippen LogP contribution in [0.2, 0.25) is 0 Å². The molecule has 2 rings (SSSR count). The SMILES string of the molecule is O=C(O)CN(C(=O)c1cc(F)cc([N+](=O)[O-])c1F)C1CC1. The Kier molecular flexibility index (Phi) is 3.83. The van der Waals surface area contributed by atoms with Gasteiger partial charge in [0.2, 0.25) is 5.82 Å². The van der Waals surface area contributed by atoms with Crippen molar-refractivity contribution in [3.63, 3.8) is 0 Å². The van der Waals surface area contributed by atoms with Gasteiger partial charge in [0.1, 0.15) is 12.4 Å². The molecule has 1 amide bonds. The molecule has 0 aliphatic heterocycles. The predicted octanol–water partition coefficient (Wildman–Crippen LogP) is 1.56. The number of hydrogen-bond donors (Lipinski definition) is 1. The van der Waals surface area contributed by atoms with E-state index in [4.69, 9.17) is 5.11 Å². The number of carboxylic acids is 1. The van der Waals surface area contributed by atoms with E-state index in [0.717, 1.165) is 4.90 Å². The number of amides is 1. The molecule has 7 nitrogen and oxygen atoms in total. The highest BCUT2D eigenvalue weighted by Crippen LogP contribution is 2.30. The molecule has 1 aromatic rings. The lowest BCUT2D eigenvalue weighted by Crippen LogP contribution is -2.38. The van der Waals surface area contributed by atoms with Gasteiger partial charge in [-0.2, -0.15) is 4.39 Å². The summed E-state index contributed by atoms with van der Waals surface area (Å²) in [6.45, 7) is -0.673. The maximum atomic E-state index is 13.9. The summed E-state index contributed by atoms with van der Waals surface area (Å²) in [5.41, 5.74) is -2.00. The summed E-state index contributed by atoms with van der Waals surface area (Å²) in [5.74, 6) is -4.98. The summed E-state index contributed by atoms with van der Waals surface area (Å²) in [5, 5.41) is 19.4. The second-order valence-electron chi connectivity index (χ2n) is 4.60. The second-order valence-corrected chi connectivity index (χ2v) is 4.60. The third-order valence-electron chi connectivity index (χ3n) is 3.00. The highest BCUT2D eigenvalue weighted by molar-refractivity contribution is 5.97. The van der Waals surface area contributed by atoms with Crippen LogP contribution in [0.1, 0.15) is 23.2 Å². The number of nitro benzene ring substituents is 1. The average Bonchev–Trinajstić information content (AvgIpc) is 3.21. The molecule has 0 radical (unpaired) electrons. The van der Waals surface area contributed by atoms with Crippen molar-refractivity contribution >= 4 is 17.6 Å². The molecule has 0 atom stereocenters. The molecule has 0 saturated heterocycles. The first kappa shape index (κ1) is 14.8. The highest BCUT2D eigenvalue weighted by Gasteiger charge is 2.36. The number of nitrogens with zero attached hydrogens (tertiary/aromatic N) is 2. The van der Waals surface area contributed by atoms with Crippen LogP contribution >= 0.6 is 0 Å². The molecule has 21 heavy (non-hydrogen) atoms. The summed E-state index contributed by atoms with van der Waals surface area (Å²) in [6.07, 6.45) is 1.11. The minimum Gasteiger partial charge on any atom is -0.480 e. The van der Waals surface area contributed by atoms with Crippen molar-refractivity contribution < 1.29 is 28.4 Å². The minimum atomic E-state index is -1.47. The van der Waals surface area contributed by atoms with Gasteiger partial charge in [-0.05, 0) is 18.9 Å². The van der Waals surface area contributed by atoms with Crippen molar-refractivity contribution in [2.24, 2.45) is 0 Å². The lowest BCUT2D eigenvalue weighted by molar-refractivity contribution is -0.387. The van der Waals surface area contributed by atoms with Crippen LogP contribution in [0.3, 0.4) is 0 Å². The van der Waals surface area contributed by atoms with E-state index in [1.807, 2.05) is 0 Å². The summed E-state index contributed by atoms with van der Waals surface area (Å²) < 4.78 is 27.2. The lowest BCUT2D eigenvalue weighted by Gasteiger charge is -2.20. The maximum Gasteiger partial charge on any atom is 0.323 e. The fourth-order valence-electron chi connectivity index (χ4n) is 1.92. The number of aliphatic carboxylic acids is 1. The molecule has 1 N–H and O–H groups in total. The van der Waals surface area contributed by atoms with Crippen LogP contribution in [-0.2, 0) is 4.79 Å². The van der Waals surface area contributed by atoms with Crippen molar-refractivity contribution in [3.8, 4) is 0 Å². The van der Waals surface area contributed by atoms with E-state index in [2.05, 4.69) is 0 Å². The summed E-state index contributed by atoms with van der Waals surface area (Å²) in [6, 6.07) is 0.530. The first-order valence-corrected chi connectivity index (χ1v) is 5.97. The Balaban J connectivity index is 2.42. The molecule has 0 unspecified atom stereocenters. The van der Waals surface area contributed by atoms with Crippen LogP contribution in [-0.4, -0.2) is 39.4 Å². The predicted molar refractivity (Wildman–Crippen MR) is 64.7 cm³/mol. The van der Waals surface area contributed by atoms with Crippen molar-refractivity contribution in [2.75, 3.05) is 6.54 Å². The Morgan fingerprint density at radius 2 is 2.00 bits per heavy atom. The van der Waals surface area contributed by atoms with Crippen LogP contribution in [0.15, 0.2) is 12.1 Å². The second kappa shape index (κ2) is 5.43. The van der Waals surface area contributed by atoms with Gasteiger partial charge in [0.15, 0.2) is 0 Å². The van der Waals surface area contributed by atoms with Crippen molar-refractivity contribution in [1.29, 1.82) is 0 Å². The van der Waals surface area contributed by atoms with Crippen molar-refractivity contribution in [2.45, 2.75) is 18.9 Å². The van der Waals surface area contributed by atoms with E-state index in [1.54, 1.807) is 0 Å². The topological polar surface area (TPSA) is 101 Å².